The third-order valence-corrected chi connectivity index (χ3v) is 4.20. The molecule has 2 aromatic heterocycles. The fourth-order valence-corrected chi connectivity index (χ4v) is 2.83. The third-order valence-electron chi connectivity index (χ3n) is 4.20. The van der Waals surface area contributed by atoms with Crippen LogP contribution in [0.3, 0.4) is 0 Å². The van der Waals surface area contributed by atoms with Crippen molar-refractivity contribution in [1.82, 2.24) is 14.5 Å². The minimum atomic E-state index is -0.941. The monoisotopic (exact) mass is 307 g/mol. The molecule has 1 aliphatic carbocycles. The molecule has 0 saturated heterocycles. The fraction of sp³-hybridized carbons (Fsp3) is 0.222. The molecule has 1 aromatic carbocycles. The number of rotatable bonds is 5. The van der Waals surface area contributed by atoms with Crippen molar-refractivity contribution in [3.05, 3.63) is 48.4 Å². The Labute approximate surface area is 133 Å². The van der Waals surface area contributed by atoms with E-state index in [2.05, 4.69) is 20.6 Å². The summed E-state index contributed by atoms with van der Waals surface area (Å²) in [6, 6.07) is 7.95. The number of imidazole rings is 1. The van der Waals surface area contributed by atoms with Crippen LogP contribution in [0.4, 0.5) is 0 Å². The Bertz CT molecular complexity index is 900. The molecule has 3 aromatic rings. The smallest absolute Gasteiger partial charge is 0.328 e. The molecule has 0 bridgehead atoms. The van der Waals surface area contributed by atoms with Gasteiger partial charge in [0.1, 0.15) is 0 Å². The van der Waals surface area contributed by atoms with Gasteiger partial charge in [-0.25, -0.2) is 9.78 Å². The summed E-state index contributed by atoms with van der Waals surface area (Å²) in [4.78, 5) is 18.3. The van der Waals surface area contributed by atoms with E-state index in [0.29, 0.717) is 0 Å². The molecule has 1 aliphatic rings. The Morgan fingerprint density at radius 3 is 3.04 bits per heavy atom. The zero-order valence-corrected chi connectivity index (χ0v) is 12.6. The lowest BCUT2D eigenvalue weighted by molar-refractivity contribution is -0.131. The van der Waals surface area contributed by atoms with Crippen molar-refractivity contribution in [2.24, 2.45) is 5.92 Å². The van der Waals surface area contributed by atoms with Crippen molar-refractivity contribution in [2.75, 3.05) is 0 Å². The number of nitrogens with one attached hydrogen (secondary N) is 1. The van der Waals surface area contributed by atoms with Crippen molar-refractivity contribution in [1.29, 1.82) is 0 Å². The zero-order chi connectivity index (χ0) is 15.8. The number of aliphatic carboxylic acids is 1. The molecule has 0 atom stereocenters. The molecular weight excluding hydrogens is 290 g/mol. The summed E-state index contributed by atoms with van der Waals surface area (Å²) in [5.41, 5.74) is 4.04. The molecule has 0 spiro atoms. The highest BCUT2D eigenvalue weighted by Gasteiger charge is 2.23. The van der Waals surface area contributed by atoms with Gasteiger partial charge in [-0.1, -0.05) is 6.07 Å². The van der Waals surface area contributed by atoms with Crippen molar-refractivity contribution >= 4 is 22.9 Å². The lowest BCUT2D eigenvalue weighted by atomic mass is 10.1. The molecule has 1 fully saturated rings. The predicted octanol–water partition coefficient (Wildman–Crippen LogP) is 3.54. The lowest BCUT2D eigenvalue weighted by Gasteiger charge is -2.05. The Morgan fingerprint density at radius 2 is 2.26 bits per heavy atom. The minimum absolute atomic E-state index is 0.792. The number of carboxylic acid groups (broad SMARTS) is 1. The number of hydrogen-bond donors (Lipinski definition) is 2. The summed E-state index contributed by atoms with van der Waals surface area (Å²) in [5.74, 6) is -0.149. The number of carbonyl (C=O) groups is 1. The minimum Gasteiger partial charge on any atom is -0.478 e. The Kier molecular flexibility index (Phi) is 3.26. The van der Waals surface area contributed by atoms with Crippen molar-refractivity contribution in [2.45, 2.75) is 19.4 Å². The number of fused-ring (bicyclic) bond motifs is 1. The topological polar surface area (TPSA) is 70.9 Å². The van der Waals surface area contributed by atoms with Crippen molar-refractivity contribution in [3.8, 4) is 11.4 Å². The van der Waals surface area contributed by atoms with E-state index in [1.807, 2.05) is 30.7 Å². The third kappa shape index (κ3) is 2.90. The lowest BCUT2D eigenvalue weighted by Crippen LogP contribution is -2.00. The first kappa shape index (κ1) is 13.8. The largest absolute Gasteiger partial charge is 0.478 e. The van der Waals surface area contributed by atoms with Crippen LogP contribution in [0.15, 0.2) is 42.9 Å². The first-order chi connectivity index (χ1) is 11.2. The maximum absolute atomic E-state index is 10.6. The molecule has 2 heterocycles. The molecule has 0 aliphatic heterocycles. The standard InChI is InChI=1S/C18H17N3O2/c22-18(23)6-4-12-3-5-15-14(7-12)8-16(20-15)17-9-19-11-21(17)10-13-1-2-13/h3-9,11,13,20H,1-2,10H2,(H,22,23)/b6-4+. The van der Waals surface area contributed by atoms with Gasteiger partial charge in [-0.3, -0.25) is 0 Å². The van der Waals surface area contributed by atoms with Crippen LogP contribution >= 0.6 is 0 Å². The maximum Gasteiger partial charge on any atom is 0.328 e. The van der Waals surface area contributed by atoms with Gasteiger partial charge in [0.15, 0.2) is 0 Å². The zero-order valence-electron chi connectivity index (χ0n) is 12.6. The van der Waals surface area contributed by atoms with E-state index in [4.69, 9.17) is 5.11 Å². The maximum atomic E-state index is 10.6. The Balaban J connectivity index is 1.68. The normalized spacial score (nSPS) is 14.8. The molecular formula is C18H17N3O2. The van der Waals surface area contributed by atoms with Gasteiger partial charge in [0.2, 0.25) is 0 Å². The molecule has 23 heavy (non-hydrogen) atoms. The van der Waals surface area contributed by atoms with Crippen LogP contribution in [-0.4, -0.2) is 25.6 Å². The highest BCUT2D eigenvalue weighted by atomic mass is 16.4. The molecule has 0 amide bonds. The van der Waals surface area contributed by atoms with Crippen LogP contribution in [0.2, 0.25) is 0 Å². The van der Waals surface area contributed by atoms with Gasteiger partial charge in [0.25, 0.3) is 0 Å². The van der Waals surface area contributed by atoms with Crippen LogP contribution in [-0.2, 0) is 11.3 Å². The van der Waals surface area contributed by atoms with E-state index in [1.54, 1.807) is 6.08 Å². The first-order valence-corrected chi connectivity index (χ1v) is 7.73. The number of hydrogen-bond acceptors (Lipinski definition) is 2. The summed E-state index contributed by atoms with van der Waals surface area (Å²) in [6.45, 7) is 1.03. The van der Waals surface area contributed by atoms with Gasteiger partial charge in [0, 0.05) is 23.5 Å². The van der Waals surface area contributed by atoms with Gasteiger partial charge in [0.05, 0.1) is 23.9 Å². The van der Waals surface area contributed by atoms with E-state index in [9.17, 15) is 4.79 Å². The summed E-state index contributed by atoms with van der Waals surface area (Å²) >= 11 is 0. The molecule has 1 saturated carbocycles. The van der Waals surface area contributed by atoms with Crippen LogP contribution in [0.5, 0.6) is 0 Å². The number of aromatic amines is 1. The van der Waals surface area contributed by atoms with E-state index in [0.717, 1.165) is 46.4 Å². The van der Waals surface area contributed by atoms with Crippen LogP contribution < -0.4 is 0 Å². The second kappa shape index (κ2) is 5.43. The summed E-state index contributed by atoms with van der Waals surface area (Å²) < 4.78 is 2.20. The molecule has 116 valence electrons. The Hall–Kier alpha value is -2.82. The molecule has 0 unspecified atom stereocenters. The summed E-state index contributed by atoms with van der Waals surface area (Å²) in [7, 11) is 0. The van der Waals surface area contributed by atoms with Gasteiger partial charge in [-0.2, -0.15) is 0 Å². The van der Waals surface area contributed by atoms with E-state index in [-0.39, 0.29) is 0 Å². The number of benzene rings is 1. The molecule has 2 N–H and O–H groups in total. The molecule has 5 heteroatoms. The van der Waals surface area contributed by atoms with Crippen LogP contribution in [0.1, 0.15) is 18.4 Å². The molecule has 4 rings (SSSR count). The van der Waals surface area contributed by atoms with E-state index >= 15 is 0 Å². The highest BCUT2D eigenvalue weighted by molar-refractivity contribution is 5.89. The molecule has 0 radical (unpaired) electrons. The predicted molar refractivity (Wildman–Crippen MR) is 88.9 cm³/mol. The average Bonchev–Trinajstić information content (AvgIpc) is 3.06. The van der Waals surface area contributed by atoms with Crippen molar-refractivity contribution in [3.63, 3.8) is 0 Å². The first-order valence-electron chi connectivity index (χ1n) is 7.73. The van der Waals surface area contributed by atoms with Gasteiger partial charge in [-0.15, -0.1) is 0 Å². The highest BCUT2D eigenvalue weighted by Crippen LogP contribution is 2.33. The summed E-state index contributed by atoms with van der Waals surface area (Å²) in [6.07, 6.45) is 9.15. The Morgan fingerprint density at radius 1 is 1.39 bits per heavy atom. The van der Waals surface area contributed by atoms with Gasteiger partial charge >= 0.3 is 5.97 Å². The SMILES string of the molecule is O=C(O)/C=C/c1ccc2[nH]c(-c3cncn3CC3CC3)cc2c1. The quantitative estimate of drug-likeness (QED) is 0.708. The molecule has 5 nitrogen and oxygen atoms in total. The number of aromatic nitrogens is 3. The van der Waals surface area contributed by atoms with Gasteiger partial charge in [-0.05, 0) is 48.6 Å². The van der Waals surface area contributed by atoms with Crippen LogP contribution in [0.25, 0.3) is 28.4 Å². The number of nitrogens with zero attached hydrogens (tertiary/aromatic N) is 2. The fourth-order valence-electron chi connectivity index (χ4n) is 2.83. The number of H-pyrrole nitrogens is 1. The average molecular weight is 307 g/mol. The van der Waals surface area contributed by atoms with E-state index < -0.39 is 5.97 Å². The second-order valence-electron chi connectivity index (χ2n) is 6.08. The second-order valence-corrected chi connectivity index (χ2v) is 6.08. The van der Waals surface area contributed by atoms with Crippen LogP contribution in [0, 0.1) is 5.92 Å². The number of carboxylic acids is 1. The summed E-state index contributed by atoms with van der Waals surface area (Å²) in [5, 5.41) is 9.78. The van der Waals surface area contributed by atoms with Crippen molar-refractivity contribution < 1.29 is 9.90 Å². The van der Waals surface area contributed by atoms with E-state index in [1.165, 1.54) is 12.8 Å². The van der Waals surface area contributed by atoms with Gasteiger partial charge < -0.3 is 14.7 Å².